The van der Waals surface area contributed by atoms with E-state index in [1.54, 1.807) is 0 Å². The molecule has 22 heavy (non-hydrogen) atoms. The summed E-state index contributed by atoms with van der Waals surface area (Å²) in [4.78, 5) is 16.6. The number of benzene rings is 1. The number of carbonyl (C=O) groups is 1. The first-order valence-electron chi connectivity index (χ1n) is 7.60. The van der Waals surface area contributed by atoms with Gasteiger partial charge in [-0.05, 0) is 31.0 Å². The molecule has 5 heteroatoms. The minimum absolute atomic E-state index is 0.0453. The number of hydrogen-bond donors (Lipinski definition) is 1. The summed E-state index contributed by atoms with van der Waals surface area (Å²) in [6.07, 6.45) is 0. The van der Waals surface area contributed by atoms with Gasteiger partial charge in [-0.2, -0.15) is 0 Å². The van der Waals surface area contributed by atoms with Crippen molar-refractivity contribution in [1.82, 2.24) is 9.80 Å². The number of halogens is 1. The molecule has 1 saturated heterocycles. The molecule has 1 heterocycles. The van der Waals surface area contributed by atoms with E-state index in [4.69, 9.17) is 11.6 Å². The molecule has 1 aliphatic heterocycles. The van der Waals surface area contributed by atoms with E-state index in [9.17, 15) is 4.79 Å². The molecular formula is C17H24ClN3O. The Morgan fingerprint density at radius 1 is 1.18 bits per heavy atom. The second-order valence-electron chi connectivity index (χ2n) is 5.87. The third-order valence-electron chi connectivity index (χ3n) is 4.11. The van der Waals surface area contributed by atoms with Crippen molar-refractivity contribution in [3.63, 3.8) is 0 Å². The van der Waals surface area contributed by atoms with Gasteiger partial charge in [-0.25, -0.2) is 0 Å². The van der Waals surface area contributed by atoms with E-state index >= 15 is 0 Å². The Hall–Kier alpha value is -1.36. The molecule has 0 saturated carbocycles. The lowest BCUT2D eigenvalue weighted by Crippen LogP contribution is -2.48. The van der Waals surface area contributed by atoms with Gasteiger partial charge in [-0.15, -0.1) is 0 Å². The molecule has 0 radical (unpaired) electrons. The number of hydrogen-bond acceptors (Lipinski definition) is 3. The molecule has 1 N–H and O–H groups in total. The highest BCUT2D eigenvalue weighted by Crippen LogP contribution is 2.18. The van der Waals surface area contributed by atoms with E-state index in [1.807, 2.05) is 19.1 Å². The lowest BCUT2D eigenvalue weighted by atomic mass is 10.1. The van der Waals surface area contributed by atoms with Crippen LogP contribution in [0.5, 0.6) is 0 Å². The molecular weight excluding hydrogens is 298 g/mol. The summed E-state index contributed by atoms with van der Waals surface area (Å²) in [6.45, 7) is 12.6. The number of amides is 1. The first-order valence-corrected chi connectivity index (χ1v) is 7.97. The molecule has 2 rings (SSSR count). The molecule has 0 bridgehead atoms. The number of nitrogens with one attached hydrogen (secondary N) is 1. The van der Waals surface area contributed by atoms with E-state index in [2.05, 4.69) is 34.7 Å². The standard InChI is InChI=1S/C17H24ClN3O/c1-13-5-4-6-16(15(13)3)19-17(22)12-21-9-7-20(8-10-21)11-14(2)18/h4-6H,2,7-12H2,1,3H3,(H,19,22). The van der Waals surface area contributed by atoms with Crippen LogP contribution in [-0.2, 0) is 4.79 Å². The minimum atomic E-state index is 0.0453. The Morgan fingerprint density at radius 2 is 1.77 bits per heavy atom. The van der Waals surface area contributed by atoms with E-state index in [0.29, 0.717) is 11.6 Å². The molecule has 4 nitrogen and oxygen atoms in total. The summed E-state index contributed by atoms with van der Waals surface area (Å²) in [5.74, 6) is 0.0453. The highest BCUT2D eigenvalue weighted by atomic mass is 35.5. The number of rotatable bonds is 5. The maximum atomic E-state index is 12.2. The van der Waals surface area contributed by atoms with Crippen molar-refractivity contribution < 1.29 is 4.79 Å². The summed E-state index contributed by atoms with van der Waals surface area (Å²) < 4.78 is 0. The molecule has 0 atom stereocenters. The minimum Gasteiger partial charge on any atom is -0.325 e. The topological polar surface area (TPSA) is 35.6 Å². The summed E-state index contributed by atoms with van der Waals surface area (Å²) in [5, 5.41) is 3.68. The van der Waals surface area contributed by atoms with E-state index in [1.165, 1.54) is 5.56 Å². The third kappa shape index (κ3) is 4.83. The average Bonchev–Trinajstić information content (AvgIpc) is 2.45. The van der Waals surface area contributed by atoms with Crippen molar-refractivity contribution in [3.8, 4) is 0 Å². The first kappa shape index (κ1) is 17.0. The summed E-state index contributed by atoms with van der Waals surface area (Å²) in [6, 6.07) is 5.97. The maximum Gasteiger partial charge on any atom is 0.238 e. The molecule has 0 aliphatic carbocycles. The summed E-state index contributed by atoms with van der Waals surface area (Å²) in [7, 11) is 0. The second-order valence-corrected chi connectivity index (χ2v) is 6.40. The largest absolute Gasteiger partial charge is 0.325 e. The quantitative estimate of drug-likeness (QED) is 0.905. The fraction of sp³-hybridized carbons (Fsp3) is 0.471. The van der Waals surface area contributed by atoms with E-state index < -0.39 is 0 Å². The predicted molar refractivity (Wildman–Crippen MR) is 92.4 cm³/mol. The molecule has 0 unspecified atom stereocenters. The summed E-state index contributed by atoms with van der Waals surface area (Å²) >= 11 is 5.84. The molecule has 1 amide bonds. The van der Waals surface area contributed by atoms with Gasteiger partial charge in [0.05, 0.1) is 6.54 Å². The van der Waals surface area contributed by atoms with Gasteiger partial charge in [0.25, 0.3) is 0 Å². The Morgan fingerprint density at radius 3 is 2.36 bits per heavy atom. The number of nitrogens with zero attached hydrogens (tertiary/aromatic N) is 2. The Kier molecular flexibility index (Phi) is 6.00. The van der Waals surface area contributed by atoms with Crippen molar-refractivity contribution in [2.75, 3.05) is 44.6 Å². The van der Waals surface area contributed by atoms with Crippen LogP contribution >= 0.6 is 11.6 Å². The molecule has 0 spiro atoms. The Balaban J connectivity index is 1.81. The van der Waals surface area contributed by atoms with Crippen LogP contribution in [-0.4, -0.2) is 55.0 Å². The van der Waals surface area contributed by atoms with Gasteiger partial charge in [0.1, 0.15) is 0 Å². The smallest absolute Gasteiger partial charge is 0.238 e. The zero-order valence-electron chi connectivity index (χ0n) is 13.4. The first-order chi connectivity index (χ1) is 10.5. The van der Waals surface area contributed by atoms with Crippen molar-refractivity contribution >= 4 is 23.2 Å². The Bertz CT molecular complexity index is 551. The fourth-order valence-electron chi connectivity index (χ4n) is 2.63. The molecule has 1 aromatic carbocycles. The van der Waals surface area contributed by atoms with Crippen LogP contribution in [0.15, 0.2) is 29.8 Å². The lowest BCUT2D eigenvalue weighted by molar-refractivity contribution is -0.117. The fourth-order valence-corrected chi connectivity index (χ4v) is 2.80. The number of anilines is 1. The number of carbonyl (C=O) groups excluding carboxylic acids is 1. The van der Waals surface area contributed by atoms with Crippen LogP contribution < -0.4 is 5.32 Å². The molecule has 0 aromatic heterocycles. The second kappa shape index (κ2) is 7.77. The van der Waals surface area contributed by atoms with Gasteiger partial charge in [-0.1, -0.05) is 30.3 Å². The van der Waals surface area contributed by atoms with Crippen molar-refractivity contribution in [2.24, 2.45) is 0 Å². The summed E-state index contributed by atoms with van der Waals surface area (Å²) in [5.41, 5.74) is 3.22. The molecule has 120 valence electrons. The molecule has 1 aliphatic rings. The van der Waals surface area contributed by atoms with Crippen LogP contribution in [0.1, 0.15) is 11.1 Å². The van der Waals surface area contributed by atoms with Gasteiger partial charge in [0.15, 0.2) is 0 Å². The van der Waals surface area contributed by atoms with Gasteiger partial charge in [0.2, 0.25) is 5.91 Å². The molecule has 1 fully saturated rings. The van der Waals surface area contributed by atoms with Crippen molar-refractivity contribution in [3.05, 3.63) is 40.9 Å². The predicted octanol–water partition coefficient (Wildman–Crippen LogP) is 2.61. The Labute approximate surface area is 137 Å². The highest BCUT2D eigenvalue weighted by molar-refractivity contribution is 6.29. The van der Waals surface area contributed by atoms with Crippen LogP contribution in [0, 0.1) is 13.8 Å². The van der Waals surface area contributed by atoms with Gasteiger partial charge < -0.3 is 5.32 Å². The van der Waals surface area contributed by atoms with Gasteiger partial charge in [0, 0.05) is 43.4 Å². The van der Waals surface area contributed by atoms with Crippen LogP contribution in [0.25, 0.3) is 0 Å². The maximum absolute atomic E-state index is 12.2. The van der Waals surface area contributed by atoms with Crippen molar-refractivity contribution in [2.45, 2.75) is 13.8 Å². The van der Waals surface area contributed by atoms with Crippen LogP contribution in [0.3, 0.4) is 0 Å². The zero-order valence-corrected chi connectivity index (χ0v) is 14.1. The van der Waals surface area contributed by atoms with Crippen LogP contribution in [0.2, 0.25) is 0 Å². The normalized spacial score (nSPS) is 16.5. The monoisotopic (exact) mass is 321 g/mol. The lowest BCUT2D eigenvalue weighted by Gasteiger charge is -2.34. The van der Waals surface area contributed by atoms with Crippen molar-refractivity contribution in [1.29, 1.82) is 0 Å². The zero-order chi connectivity index (χ0) is 16.1. The van der Waals surface area contributed by atoms with Gasteiger partial charge >= 0.3 is 0 Å². The SMILES string of the molecule is C=C(Cl)CN1CCN(CC(=O)Nc2cccc(C)c2C)CC1. The average molecular weight is 322 g/mol. The number of piperazine rings is 1. The highest BCUT2D eigenvalue weighted by Gasteiger charge is 2.19. The third-order valence-corrected chi connectivity index (χ3v) is 4.23. The van der Waals surface area contributed by atoms with E-state index in [-0.39, 0.29) is 5.91 Å². The number of aryl methyl sites for hydroxylation is 1. The molecule has 1 aromatic rings. The van der Waals surface area contributed by atoms with Gasteiger partial charge in [-0.3, -0.25) is 14.6 Å². The van der Waals surface area contributed by atoms with Crippen LogP contribution in [0.4, 0.5) is 5.69 Å². The van der Waals surface area contributed by atoms with E-state index in [0.717, 1.165) is 44.0 Å².